The summed E-state index contributed by atoms with van der Waals surface area (Å²) in [5, 5.41) is 2.05. The van der Waals surface area contributed by atoms with Gasteiger partial charge in [0, 0.05) is 47.7 Å². The van der Waals surface area contributed by atoms with Crippen molar-refractivity contribution < 1.29 is 4.39 Å². The molecule has 0 amide bonds. The number of halogens is 2. The van der Waals surface area contributed by atoms with E-state index in [9.17, 15) is 4.39 Å². The number of rotatable bonds is 3. The largest absolute Gasteiger partial charge is 0.344 e. The van der Waals surface area contributed by atoms with Crippen LogP contribution in [-0.4, -0.2) is 23.1 Å². The highest BCUT2D eigenvalue weighted by Crippen LogP contribution is 2.34. The summed E-state index contributed by atoms with van der Waals surface area (Å²) in [5.41, 5.74) is 5.24. The Balaban J connectivity index is 1.77. The highest BCUT2D eigenvalue weighted by Gasteiger charge is 2.23. The average molecular weight is 357 g/mol. The topological polar surface area (TPSA) is 8.17 Å². The van der Waals surface area contributed by atoms with Gasteiger partial charge in [0.2, 0.25) is 0 Å². The lowest BCUT2D eigenvalue weighted by molar-refractivity contribution is 0.308. The molecule has 1 atom stereocenters. The van der Waals surface area contributed by atoms with Crippen LogP contribution in [0.15, 0.2) is 42.5 Å². The van der Waals surface area contributed by atoms with Crippen LogP contribution >= 0.6 is 11.6 Å². The van der Waals surface area contributed by atoms with Crippen molar-refractivity contribution in [2.24, 2.45) is 0 Å². The van der Waals surface area contributed by atoms with Gasteiger partial charge in [0.15, 0.2) is 0 Å². The number of hydrogen-bond donors (Lipinski definition) is 0. The lowest BCUT2D eigenvalue weighted by Crippen LogP contribution is -2.27. The van der Waals surface area contributed by atoms with Crippen LogP contribution in [0.25, 0.3) is 10.9 Å². The van der Waals surface area contributed by atoms with Crippen LogP contribution in [0, 0.1) is 5.82 Å². The summed E-state index contributed by atoms with van der Waals surface area (Å²) >= 11 is 6.26. The molecule has 2 nitrogen and oxygen atoms in total. The van der Waals surface area contributed by atoms with E-state index < -0.39 is 0 Å². The lowest BCUT2D eigenvalue weighted by Gasteiger charge is -2.25. The molecule has 0 saturated heterocycles. The molecule has 4 heteroatoms. The number of likely N-dealkylation sites (N-methyl/N-ethyl adjacent to an activating group) is 1. The van der Waals surface area contributed by atoms with Gasteiger partial charge in [-0.15, -0.1) is 0 Å². The number of aromatic nitrogens is 1. The molecule has 2 aromatic carbocycles. The first-order chi connectivity index (χ1) is 12.0. The molecule has 3 aromatic rings. The smallest absolute Gasteiger partial charge is 0.123 e. The third-order valence-corrected chi connectivity index (χ3v) is 5.54. The molecule has 0 N–H and O–H groups in total. The van der Waals surface area contributed by atoms with Crippen LogP contribution in [0.5, 0.6) is 0 Å². The van der Waals surface area contributed by atoms with Crippen molar-refractivity contribution in [3.63, 3.8) is 0 Å². The van der Waals surface area contributed by atoms with Gasteiger partial charge in [-0.05, 0) is 54.4 Å². The first-order valence-electron chi connectivity index (χ1n) is 8.76. The maximum Gasteiger partial charge on any atom is 0.123 e. The number of hydrogen-bond acceptors (Lipinski definition) is 1. The summed E-state index contributed by atoms with van der Waals surface area (Å²) in [6.07, 6.45) is 1.05. The van der Waals surface area contributed by atoms with E-state index in [0.29, 0.717) is 5.92 Å². The van der Waals surface area contributed by atoms with Crippen molar-refractivity contribution in [2.75, 3.05) is 13.6 Å². The van der Waals surface area contributed by atoms with E-state index in [2.05, 4.69) is 35.6 Å². The minimum Gasteiger partial charge on any atom is -0.344 e. The Kier molecular flexibility index (Phi) is 4.30. The fourth-order valence-corrected chi connectivity index (χ4v) is 4.11. The van der Waals surface area contributed by atoms with E-state index in [-0.39, 0.29) is 5.82 Å². The van der Waals surface area contributed by atoms with Gasteiger partial charge in [-0.2, -0.15) is 0 Å². The van der Waals surface area contributed by atoms with Gasteiger partial charge in [-0.1, -0.05) is 30.7 Å². The molecule has 0 aliphatic carbocycles. The molecule has 0 bridgehead atoms. The number of benzene rings is 2. The van der Waals surface area contributed by atoms with E-state index in [0.717, 1.165) is 31.1 Å². The number of fused-ring (bicyclic) bond motifs is 3. The van der Waals surface area contributed by atoms with Crippen LogP contribution in [0.4, 0.5) is 4.39 Å². The average Bonchev–Trinajstić information content (AvgIpc) is 2.88. The highest BCUT2D eigenvalue weighted by molar-refractivity contribution is 6.31. The Morgan fingerprint density at radius 1 is 1.16 bits per heavy atom. The Labute approximate surface area is 152 Å². The molecule has 1 aliphatic heterocycles. The van der Waals surface area contributed by atoms with Crippen LogP contribution in [0.2, 0.25) is 5.02 Å². The fourth-order valence-electron chi connectivity index (χ4n) is 3.94. The molecule has 25 heavy (non-hydrogen) atoms. The van der Waals surface area contributed by atoms with Crippen molar-refractivity contribution in [1.82, 2.24) is 9.47 Å². The normalized spacial score (nSPS) is 16.2. The van der Waals surface area contributed by atoms with Crippen molar-refractivity contribution in [3.05, 3.63) is 70.1 Å². The summed E-state index contributed by atoms with van der Waals surface area (Å²) in [6.45, 7) is 5.13. The molecular weight excluding hydrogens is 335 g/mol. The summed E-state index contributed by atoms with van der Waals surface area (Å²) in [6, 6.07) is 13.1. The van der Waals surface area contributed by atoms with Gasteiger partial charge >= 0.3 is 0 Å². The number of nitrogens with zero attached hydrogens (tertiary/aromatic N) is 2. The SMILES string of the molecule is C[C@@H](Cn1c2c(c3cc(Cl)ccc31)CN(C)CC2)c1ccc(F)cc1. The van der Waals surface area contributed by atoms with Gasteiger partial charge in [-0.3, -0.25) is 0 Å². The Hall–Kier alpha value is -1.84. The second kappa shape index (κ2) is 6.47. The lowest BCUT2D eigenvalue weighted by atomic mass is 10.0. The van der Waals surface area contributed by atoms with E-state index in [1.807, 2.05) is 18.2 Å². The van der Waals surface area contributed by atoms with Crippen LogP contribution in [0.1, 0.15) is 29.7 Å². The molecule has 4 rings (SSSR count). The molecule has 0 spiro atoms. The minimum absolute atomic E-state index is 0.183. The summed E-state index contributed by atoms with van der Waals surface area (Å²) in [4.78, 5) is 2.36. The highest BCUT2D eigenvalue weighted by atomic mass is 35.5. The van der Waals surface area contributed by atoms with Gasteiger partial charge in [0.1, 0.15) is 5.82 Å². The zero-order valence-corrected chi connectivity index (χ0v) is 15.4. The van der Waals surface area contributed by atoms with E-state index in [4.69, 9.17) is 11.6 Å². The van der Waals surface area contributed by atoms with Gasteiger partial charge < -0.3 is 9.47 Å². The molecule has 0 saturated carbocycles. The fraction of sp³-hybridized carbons (Fsp3) is 0.333. The molecule has 1 aromatic heterocycles. The molecule has 0 unspecified atom stereocenters. The maximum absolute atomic E-state index is 13.2. The summed E-state index contributed by atoms with van der Waals surface area (Å²) in [7, 11) is 2.16. The second-order valence-corrected chi connectivity index (χ2v) is 7.57. The molecule has 0 radical (unpaired) electrons. The Morgan fingerprint density at radius 2 is 1.92 bits per heavy atom. The maximum atomic E-state index is 13.2. The molecular formula is C21H22ClFN2. The summed E-state index contributed by atoms with van der Waals surface area (Å²) in [5.74, 6) is 0.132. The van der Waals surface area contributed by atoms with Crippen LogP contribution in [-0.2, 0) is 19.5 Å². The van der Waals surface area contributed by atoms with Crippen molar-refractivity contribution in [1.29, 1.82) is 0 Å². The zero-order chi connectivity index (χ0) is 17.6. The van der Waals surface area contributed by atoms with Gasteiger partial charge in [0.25, 0.3) is 0 Å². The van der Waals surface area contributed by atoms with Crippen molar-refractivity contribution in [2.45, 2.75) is 32.4 Å². The predicted octanol–water partition coefficient (Wildman–Crippen LogP) is 5.23. The Bertz CT molecular complexity index is 914. The third kappa shape index (κ3) is 3.07. The summed E-state index contributed by atoms with van der Waals surface area (Å²) < 4.78 is 15.7. The van der Waals surface area contributed by atoms with Crippen molar-refractivity contribution >= 4 is 22.5 Å². The predicted molar refractivity (Wildman–Crippen MR) is 102 cm³/mol. The third-order valence-electron chi connectivity index (χ3n) is 5.30. The van der Waals surface area contributed by atoms with E-state index in [1.165, 1.54) is 27.7 Å². The molecule has 130 valence electrons. The van der Waals surface area contributed by atoms with Gasteiger partial charge in [0.05, 0.1) is 0 Å². The molecule has 0 fully saturated rings. The van der Waals surface area contributed by atoms with E-state index >= 15 is 0 Å². The first kappa shape index (κ1) is 16.6. The second-order valence-electron chi connectivity index (χ2n) is 7.14. The minimum atomic E-state index is -0.183. The van der Waals surface area contributed by atoms with Crippen LogP contribution < -0.4 is 0 Å². The van der Waals surface area contributed by atoms with E-state index in [1.54, 1.807) is 12.1 Å². The quantitative estimate of drug-likeness (QED) is 0.624. The molecule has 2 heterocycles. The monoisotopic (exact) mass is 356 g/mol. The first-order valence-corrected chi connectivity index (χ1v) is 9.14. The van der Waals surface area contributed by atoms with Gasteiger partial charge in [-0.25, -0.2) is 4.39 Å². The van der Waals surface area contributed by atoms with Crippen LogP contribution in [0.3, 0.4) is 0 Å². The Morgan fingerprint density at radius 3 is 2.68 bits per heavy atom. The zero-order valence-electron chi connectivity index (χ0n) is 14.6. The molecule has 1 aliphatic rings. The van der Waals surface area contributed by atoms with Crippen molar-refractivity contribution in [3.8, 4) is 0 Å². The standard InChI is InChI=1S/C21H22ClFN2/c1-14(15-3-6-17(23)7-4-15)12-25-20-8-5-16(22)11-18(20)19-13-24(2)10-9-21(19)25/h3-8,11,14H,9-10,12-13H2,1-2H3/t14-/m0/s1.